The highest BCUT2D eigenvalue weighted by atomic mass is 19.1. The average Bonchev–Trinajstić information content (AvgIpc) is 2.02. The van der Waals surface area contributed by atoms with Crippen molar-refractivity contribution in [2.75, 3.05) is 0 Å². The Labute approximate surface area is 84.6 Å². The second-order valence-corrected chi connectivity index (χ2v) is 4.80. The summed E-state index contributed by atoms with van der Waals surface area (Å²) in [7, 11) is 0. The van der Waals surface area contributed by atoms with Crippen LogP contribution in [-0.4, -0.2) is 5.11 Å². The van der Waals surface area contributed by atoms with Gasteiger partial charge in [-0.2, -0.15) is 0 Å². The van der Waals surface area contributed by atoms with E-state index in [1.807, 2.05) is 20.8 Å². The molecule has 1 rings (SSSR count). The van der Waals surface area contributed by atoms with Gasteiger partial charge in [0.2, 0.25) is 0 Å². The molecule has 78 valence electrons. The third-order valence-electron chi connectivity index (χ3n) is 2.86. The lowest BCUT2D eigenvalue weighted by atomic mass is 9.73. The normalized spacial score (nSPS) is 16.4. The van der Waals surface area contributed by atoms with Crippen molar-refractivity contribution in [3.8, 4) is 0 Å². The lowest BCUT2D eigenvalue weighted by Crippen LogP contribution is -2.37. The number of hydrogen-bond acceptors (Lipinski definition) is 1. The molecule has 0 spiro atoms. The SMILES string of the molecule is CC(C)(C)C(C)(O)c1ccccc1F. The predicted octanol–water partition coefficient (Wildman–Crippen LogP) is 3.08. The van der Waals surface area contributed by atoms with Crippen molar-refractivity contribution < 1.29 is 9.50 Å². The van der Waals surface area contributed by atoms with Gasteiger partial charge >= 0.3 is 0 Å². The fraction of sp³-hybridized carbons (Fsp3) is 0.500. The molecule has 0 saturated heterocycles. The fourth-order valence-corrected chi connectivity index (χ4v) is 1.26. The van der Waals surface area contributed by atoms with Gasteiger partial charge in [-0.05, 0) is 18.4 Å². The summed E-state index contributed by atoms with van der Waals surface area (Å²) in [5.41, 5.74) is -1.19. The van der Waals surface area contributed by atoms with Crippen LogP contribution in [0.3, 0.4) is 0 Å². The number of hydrogen-bond donors (Lipinski definition) is 1. The van der Waals surface area contributed by atoms with Crippen LogP contribution in [0.1, 0.15) is 33.3 Å². The molecule has 0 aliphatic carbocycles. The molecule has 0 aliphatic rings. The largest absolute Gasteiger partial charge is 0.385 e. The Hall–Kier alpha value is -0.890. The third-order valence-corrected chi connectivity index (χ3v) is 2.86. The second kappa shape index (κ2) is 3.35. The summed E-state index contributed by atoms with van der Waals surface area (Å²) in [4.78, 5) is 0. The summed E-state index contributed by atoms with van der Waals surface area (Å²) in [6.07, 6.45) is 0. The topological polar surface area (TPSA) is 20.2 Å². The van der Waals surface area contributed by atoms with Gasteiger partial charge in [0, 0.05) is 5.56 Å². The van der Waals surface area contributed by atoms with Crippen molar-refractivity contribution in [1.82, 2.24) is 0 Å². The molecule has 0 fully saturated rings. The van der Waals surface area contributed by atoms with Crippen LogP contribution in [0.5, 0.6) is 0 Å². The van der Waals surface area contributed by atoms with Gasteiger partial charge in [0.05, 0.1) is 5.60 Å². The molecule has 1 atom stereocenters. The minimum Gasteiger partial charge on any atom is -0.385 e. The number of halogens is 1. The van der Waals surface area contributed by atoms with E-state index in [9.17, 15) is 9.50 Å². The molecule has 0 amide bonds. The first-order valence-corrected chi connectivity index (χ1v) is 4.74. The zero-order chi connectivity index (χ0) is 11.0. The first kappa shape index (κ1) is 11.2. The molecule has 14 heavy (non-hydrogen) atoms. The van der Waals surface area contributed by atoms with E-state index in [2.05, 4.69) is 0 Å². The molecule has 1 aromatic rings. The molecule has 0 bridgehead atoms. The van der Waals surface area contributed by atoms with Crippen LogP contribution in [0.4, 0.5) is 4.39 Å². The Balaban J connectivity index is 3.23. The van der Waals surface area contributed by atoms with Crippen LogP contribution >= 0.6 is 0 Å². The van der Waals surface area contributed by atoms with Crippen LogP contribution < -0.4 is 0 Å². The highest BCUT2D eigenvalue weighted by molar-refractivity contribution is 5.25. The van der Waals surface area contributed by atoms with Gasteiger partial charge < -0.3 is 5.11 Å². The Bertz CT molecular complexity index is 323. The van der Waals surface area contributed by atoms with Crippen molar-refractivity contribution in [1.29, 1.82) is 0 Å². The molecule has 1 nitrogen and oxygen atoms in total. The monoisotopic (exact) mass is 196 g/mol. The maximum absolute atomic E-state index is 13.5. The van der Waals surface area contributed by atoms with E-state index in [1.165, 1.54) is 6.07 Å². The van der Waals surface area contributed by atoms with E-state index in [0.717, 1.165) is 0 Å². The van der Waals surface area contributed by atoms with E-state index in [-0.39, 0.29) is 5.82 Å². The zero-order valence-corrected chi connectivity index (χ0v) is 9.13. The fourth-order valence-electron chi connectivity index (χ4n) is 1.26. The lowest BCUT2D eigenvalue weighted by Gasteiger charge is -2.37. The Morgan fingerprint density at radius 1 is 1.07 bits per heavy atom. The second-order valence-electron chi connectivity index (χ2n) is 4.80. The van der Waals surface area contributed by atoms with Crippen LogP contribution in [0.2, 0.25) is 0 Å². The molecule has 0 saturated carbocycles. The van der Waals surface area contributed by atoms with Crippen LogP contribution in [-0.2, 0) is 5.60 Å². The molecule has 2 heteroatoms. The summed E-state index contributed by atoms with van der Waals surface area (Å²) < 4.78 is 13.5. The quantitative estimate of drug-likeness (QED) is 0.731. The predicted molar refractivity (Wildman–Crippen MR) is 55.4 cm³/mol. The van der Waals surface area contributed by atoms with Gasteiger partial charge in [0.25, 0.3) is 0 Å². The van der Waals surface area contributed by atoms with Gasteiger partial charge in [0.15, 0.2) is 0 Å². The summed E-state index contributed by atoms with van der Waals surface area (Å²) in [5.74, 6) is -0.354. The van der Waals surface area contributed by atoms with E-state index in [1.54, 1.807) is 25.1 Å². The first-order chi connectivity index (χ1) is 6.27. The third kappa shape index (κ3) is 1.80. The van der Waals surface area contributed by atoms with E-state index < -0.39 is 11.0 Å². The summed E-state index contributed by atoms with van der Waals surface area (Å²) in [6, 6.07) is 6.35. The molecule has 0 aliphatic heterocycles. The number of aliphatic hydroxyl groups is 1. The van der Waals surface area contributed by atoms with Gasteiger partial charge in [-0.1, -0.05) is 39.0 Å². The van der Waals surface area contributed by atoms with Crippen molar-refractivity contribution in [2.45, 2.75) is 33.3 Å². The molecular weight excluding hydrogens is 179 g/mol. The highest BCUT2D eigenvalue weighted by Gasteiger charge is 2.38. The number of benzene rings is 1. The molecular formula is C12H17FO. The van der Waals surface area contributed by atoms with Crippen LogP contribution in [0.25, 0.3) is 0 Å². The number of rotatable bonds is 1. The molecule has 1 aromatic carbocycles. The van der Waals surface area contributed by atoms with Gasteiger partial charge in [-0.3, -0.25) is 0 Å². The average molecular weight is 196 g/mol. The van der Waals surface area contributed by atoms with Crippen molar-refractivity contribution in [3.05, 3.63) is 35.6 Å². The van der Waals surface area contributed by atoms with Gasteiger partial charge in [-0.15, -0.1) is 0 Å². The Morgan fingerprint density at radius 2 is 1.57 bits per heavy atom. The maximum atomic E-state index is 13.5. The maximum Gasteiger partial charge on any atom is 0.129 e. The summed E-state index contributed by atoms with van der Waals surface area (Å²) in [6.45, 7) is 7.31. The minimum absolute atomic E-state index is 0.354. The molecule has 0 heterocycles. The van der Waals surface area contributed by atoms with Gasteiger partial charge in [0.1, 0.15) is 5.82 Å². The molecule has 1 unspecified atom stereocenters. The van der Waals surface area contributed by atoms with Crippen molar-refractivity contribution in [2.24, 2.45) is 5.41 Å². The highest BCUT2D eigenvalue weighted by Crippen LogP contribution is 2.39. The molecule has 1 N–H and O–H groups in total. The minimum atomic E-state index is -1.15. The Kier molecular flexibility index (Phi) is 2.68. The summed E-state index contributed by atoms with van der Waals surface area (Å²) >= 11 is 0. The van der Waals surface area contributed by atoms with Crippen LogP contribution in [0.15, 0.2) is 24.3 Å². The smallest absolute Gasteiger partial charge is 0.129 e. The van der Waals surface area contributed by atoms with Crippen molar-refractivity contribution >= 4 is 0 Å². The first-order valence-electron chi connectivity index (χ1n) is 4.74. The van der Waals surface area contributed by atoms with Gasteiger partial charge in [-0.25, -0.2) is 4.39 Å². The van der Waals surface area contributed by atoms with E-state index >= 15 is 0 Å². The van der Waals surface area contributed by atoms with E-state index in [0.29, 0.717) is 5.56 Å². The standard InChI is InChI=1S/C12H17FO/c1-11(2,3)12(4,14)9-7-5-6-8-10(9)13/h5-8,14H,1-4H3. The lowest BCUT2D eigenvalue weighted by molar-refractivity contribution is -0.0497. The van der Waals surface area contributed by atoms with Crippen LogP contribution in [0, 0.1) is 11.2 Å². The summed E-state index contributed by atoms with van der Waals surface area (Å²) in [5, 5.41) is 10.3. The Morgan fingerprint density at radius 3 is 2.00 bits per heavy atom. The molecule has 0 radical (unpaired) electrons. The zero-order valence-electron chi connectivity index (χ0n) is 9.13. The molecule has 0 aromatic heterocycles. The van der Waals surface area contributed by atoms with E-state index in [4.69, 9.17) is 0 Å². The van der Waals surface area contributed by atoms with Crippen molar-refractivity contribution in [3.63, 3.8) is 0 Å².